The summed E-state index contributed by atoms with van der Waals surface area (Å²) in [5.41, 5.74) is 0.990. The van der Waals surface area contributed by atoms with Crippen molar-refractivity contribution in [3.8, 4) is 0 Å². The molecule has 0 aromatic heterocycles. The maximum absolute atomic E-state index is 12.8. The van der Waals surface area contributed by atoms with Crippen LogP contribution >= 0.6 is 0 Å². The van der Waals surface area contributed by atoms with E-state index in [1.54, 1.807) is 12.1 Å². The molecule has 0 bridgehead atoms. The van der Waals surface area contributed by atoms with Crippen LogP contribution in [-0.4, -0.2) is 43.7 Å². The molecule has 1 aromatic rings. The van der Waals surface area contributed by atoms with Crippen molar-refractivity contribution in [2.75, 3.05) is 26.4 Å². The number of benzene rings is 1. The lowest BCUT2D eigenvalue weighted by Gasteiger charge is -2.18. The number of aliphatic hydroxyl groups excluding tert-OH is 1. The van der Waals surface area contributed by atoms with Crippen LogP contribution in [0.25, 0.3) is 0 Å². The SMILES string of the molecule is CC(NCC(O)COCC1CCCO1)c1ccc(F)cc1. The van der Waals surface area contributed by atoms with Crippen molar-refractivity contribution < 1.29 is 19.0 Å². The van der Waals surface area contributed by atoms with Gasteiger partial charge in [-0.15, -0.1) is 0 Å². The summed E-state index contributed by atoms with van der Waals surface area (Å²) in [7, 11) is 0. The summed E-state index contributed by atoms with van der Waals surface area (Å²) in [5.74, 6) is -0.242. The van der Waals surface area contributed by atoms with Crippen molar-refractivity contribution in [3.63, 3.8) is 0 Å². The summed E-state index contributed by atoms with van der Waals surface area (Å²) >= 11 is 0. The van der Waals surface area contributed by atoms with Gasteiger partial charge < -0.3 is 19.9 Å². The van der Waals surface area contributed by atoms with E-state index in [2.05, 4.69) is 5.32 Å². The first kappa shape index (κ1) is 16.4. The molecule has 5 heteroatoms. The van der Waals surface area contributed by atoms with Crippen molar-refractivity contribution in [2.24, 2.45) is 0 Å². The Bertz CT molecular complexity index is 406. The quantitative estimate of drug-likeness (QED) is 0.771. The fourth-order valence-corrected chi connectivity index (χ4v) is 2.35. The number of aliphatic hydroxyl groups is 1. The van der Waals surface area contributed by atoms with Crippen molar-refractivity contribution in [3.05, 3.63) is 35.6 Å². The van der Waals surface area contributed by atoms with Crippen LogP contribution in [0.3, 0.4) is 0 Å². The Kier molecular flexibility index (Phi) is 6.57. The number of halogens is 1. The standard InChI is InChI=1S/C16H24FNO3/c1-12(13-4-6-14(17)7-5-13)18-9-15(19)10-20-11-16-3-2-8-21-16/h4-7,12,15-16,18-19H,2-3,8-11H2,1H3. The van der Waals surface area contributed by atoms with Crippen molar-refractivity contribution >= 4 is 0 Å². The zero-order valence-corrected chi connectivity index (χ0v) is 12.4. The van der Waals surface area contributed by atoms with E-state index in [1.807, 2.05) is 6.92 Å². The van der Waals surface area contributed by atoms with Crippen LogP contribution in [0, 0.1) is 5.82 Å². The zero-order valence-electron chi connectivity index (χ0n) is 12.4. The first-order valence-corrected chi connectivity index (χ1v) is 7.51. The molecule has 1 aliphatic heterocycles. The molecule has 0 spiro atoms. The fraction of sp³-hybridized carbons (Fsp3) is 0.625. The number of ether oxygens (including phenoxy) is 2. The van der Waals surface area contributed by atoms with Crippen molar-refractivity contribution in [1.29, 1.82) is 0 Å². The molecule has 3 unspecified atom stereocenters. The predicted molar refractivity (Wildman–Crippen MR) is 78.6 cm³/mol. The van der Waals surface area contributed by atoms with Crippen molar-refractivity contribution in [2.45, 2.75) is 38.0 Å². The third-order valence-corrected chi connectivity index (χ3v) is 3.67. The largest absolute Gasteiger partial charge is 0.389 e. The topological polar surface area (TPSA) is 50.7 Å². The Morgan fingerprint density at radius 3 is 2.86 bits per heavy atom. The van der Waals surface area contributed by atoms with Crippen LogP contribution in [0.1, 0.15) is 31.4 Å². The average Bonchev–Trinajstić information content (AvgIpc) is 2.99. The molecule has 1 aliphatic rings. The van der Waals surface area contributed by atoms with Gasteiger partial charge in [-0.2, -0.15) is 0 Å². The Hall–Kier alpha value is -1.01. The molecule has 1 saturated heterocycles. The van der Waals surface area contributed by atoms with Crippen molar-refractivity contribution in [1.82, 2.24) is 5.32 Å². The molecule has 21 heavy (non-hydrogen) atoms. The second-order valence-corrected chi connectivity index (χ2v) is 5.51. The molecule has 118 valence electrons. The molecule has 1 heterocycles. The summed E-state index contributed by atoms with van der Waals surface area (Å²) in [4.78, 5) is 0. The molecule has 1 aromatic carbocycles. The Morgan fingerprint density at radius 2 is 2.19 bits per heavy atom. The van der Waals surface area contributed by atoms with Gasteiger partial charge >= 0.3 is 0 Å². The van der Waals surface area contributed by atoms with Gasteiger partial charge in [0.2, 0.25) is 0 Å². The number of rotatable bonds is 8. The minimum absolute atomic E-state index is 0.0541. The van der Waals surface area contributed by atoms with Gasteiger partial charge in [-0.3, -0.25) is 0 Å². The van der Waals surface area contributed by atoms with E-state index >= 15 is 0 Å². The maximum atomic E-state index is 12.8. The number of hydrogen-bond acceptors (Lipinski definition) is 4. The first-order valence-electron chi connectivity index (χ1n) is 7.51. The lowest BCUT2D eigenvalue weighted by molar-refractivity contribution is -0.0168. The van der Waals surface area contributed by atoms with E-state index in [0.29, 0.717) is 19.8 Å². The van der Waals surface area contributed by atoms with Gasteiger partial charge in [0.15, 0.2) is 0 Å². The van der Waals surface area contributed by atoms with Gasteiger partial charge in [0.25, 0.3) is 0 Å². The highest BCUT2D eigenvalue weighted by Gasteiger charge is 2.16. The molecule has 0 saturated carbocycles. The Morgan fingerprint density at radius 1 is 1.43 bits per heavy atom. The molecular weight excluding hydrogens is 273 g/mol. The summed E-state index contributed by atoms with van der Waals surface area (Å²) in [6.07, 6.45) is 1.75. The van der Waals surface area contributed by atoms with Crippen LogP contribution in [0.4, 0.5) is 4.39 Å². The van der Waals surface area contributed by atoms with E-state index in [4.69, 9.17) is 9.47 Å². The minimum Gasteiger partial charge on any atom is -0.389 e. The van der Waals surface area contributed by atoms with Gasteiger partial charge in [-0.25, -0.2) is 4.39 Å². The molecule has 0 radical (unpaired) electrons. The van der Waals surface area contributed by atoms with Crippen LogP contribution in [0.2, 0.25) is 0 Å². The molecule has 3 atom stereocenters. The van der Waals surface area contributed by atoms with Gasteiger partial charge in [-0.05, 0) is 37.5 Å². The van der Waals surface area contributed by atoms with Crippen LogP contribution in [0.5, 0.6) is 0 Å². The average molecular weight is 297 g/mol. The summed E-state index contributed by atoms with van der Waals surface area (Å²) in [6.45, 7) is 4.07. The molecule has 2 N–H and O–H groups in total. The van der Waals surface area contributed by atoms with E-state index < -0.39 is 6.10 Å². The highest BCUT2D eigenvalue weighted by atomic mass is 19.1. The number of nitrogens with one attached hydrogen (secondary N) is 1. The fourth-order valence-electron chi connectivity index (χ4n) is 2.35. The monoisotopic (exact) mass is 297 g/mol. The van der Waals surface area contributed by atoms with Gasteiger partial charge in [-0.1, -0.05) is 12.1 Å². The van der Waals surface area contributed by atoms with Crippen LogP contribution in [-0.2, 0) is 9.47 Å². The molecule has 0 amide bonds. The summed E-state index contributed by atoms with van der Waals surface area (Å²) in [5, 5.41) is 13.1. The number of hydrogen-bond donors (Lipinski definition) is 2. The highest BCUT2D eigenvalue weighted by molar-refractivity contribution is 5.19. The Balaban J connectivity index is 1.61. The third kappa shape index (κ3) is 5.71. The zero-order chi connectivity index (χ0) is 15.1. The van der Waals surface area contributed by atoms with E-state index in [9.17, 15) is 9.50 Å². The summed E-state index contributed by atoms with van der Waals surface area (Å²) < 4.78 is 23.8. The highest BCUT2D eigenvalue weighted by Crippen LogP contribution is 2.13. The lowest BCUT2D eigenvalue weighted by atomic mass is 10.1. The normalized spacial score (nSPS) is 21.4. The maximum Gasteiger partial charge on any atom is 0.123 e. The second-order valence-electron chi connectivity index (χ2n) is 5.51. The van der Waals surface area contributed by atoms with Crippen LogP contribution < -0.4 is 5.32 Å². The van der Waals surface area contributed by atoms with Gasteiger partial charge in [0.1, 0.15) is 5.82 Å². The van der Waals surface area contributed by atoms with Gasteiger partial charge in [0.05, 0.1) is 25.4 Å². The van der Waals surface area contributed by atoms with E-state index in [-0.39, 0.29) is 18.0 Å². The van der Waals surface area contributed by atoms with Crippen LogP contribution in [0.15, 0.2) is 24.3 Å². The first-order chi connectivity index (χ1) is 10.1. The Labute approximate surface area is 125 Å². The molecule has 0 aliphatic carbocycles. The predicted octanol–water partition coefficient (Wildman–Crippen LogP) is 2.03. The molecule has 1 fully saturated rings. The second kappa shape index (κ2) is 8.44. The van der Waals surface area contributed by atoms with Gasteiger partial charge in [0, 0.05) is 19.2 Å². The molecule has 2 rings (SSSR count). The smallest absolute Gasteiger partial charge is 0.123 e. The molecular formula is C16H24FNO3. The van der Waals surface area contributed by atoms with E-state index in [0.717, 1.165) is 25.0 Å². The minimum atomic E-state index is -0.561. The molecule has 4 nitrogen and oxygen atoms in total. The third-order valence-electron chi connectivity index (χ3n) is 3.67. The lowest BCUT2D eigenvalue weighted by Crippen LogP contribution is -2.33. The van der Waals surface area contributed by atoms with E-state index in [1.165, 1.54) is 12.1 Å². The summed E-state index contributed by atoms with van der Waals surface area (Å²) in [6, 6.07) is 6.42.